The number of hydrogen-bond acceptors (Lipinski definition) is 5. The predicted octanol–water partition coefficient (Wildman–Crippen LogP) is 0.533. The Morgan fingerprint density at radius 2 is 1.95 bits per heavy atom. The lowest BCUT2D eigenvalue weighted by molar-refractivity contribution is -0.148. The molecule has 0 heterocycles. The molecule has 1 aromatic rings. The van der Waals surface area contributed by atoms with Crippen LogP contribution < -0.4 is 14.8 Å². The first-order valence-electron chi connectivity index (χ1n) is 5.80. The summed E-state index contributed by atoms with van der Waals surface area (Å²) in [6.07, 6.45) is -1.10. The molecule has 7 heteroatoms. The maximum Gasteiger partial charge on any atom is 0.334 e. The molecule has 110 valence electrons. The molecule has 1 unspecified atom stereocenters. The molecule has 1 aromatic carbocycles. The Balaban J connectivity index is 2.85. The van der Waals surface area contributed by atoms with E-state index in [0.717, 1.165) is 0 Å². The number of aliphatic carboxylic acids is 1. The minimum atomic E-state index is -1.15. The average molecular weight is 283 g/mol. The van der Waals surface area contributed by atoms with Gasteiger partial charge in [0.25, 0.3) is 5.91 Å². The first-order valence-corrected chi connectivity index (χ1v) is 5.80. The summed E-state index contributed by atoms with van der Waals surface area (Å²) >= 11 is 0. The van der Waals surface area contributed by atoms with E-state index < -0.39 is 18.0 Å². The number of amides is 1. The van der Waals surface area contributed by atoms with E-state index in [1.807, 2.05) is 0 Å². The zero-order valence-electron chi connectivity index (χ0n) is 11.5. The highest BCUT2D eigenvalue weighted by molar-refractivity contribution is 5.98. The van der Waals surface area contributed by atoms with Crippen molar-refractivity contribution in [3.8, 4) is 11.5 Å². The van der Waals surface area contributed by atoms with Gasteiger partial charge < -0.3 is 24.6 Å². The molecule has 0 aliphatic rings. The molecule has 7 nitrogen and oxygen atoms in total. The molecule has 20 heavy (non-hydrogen) atoms. The number of carbonyl (C=O) groups is 2. The van der Waals surface area contributed by atoms with E-state index in [2.05, 4.69) is 5.32 Å². The van der Waals surface area contributed by atoms with Crippen LogP contribution in [-0.4, -0.2) is 51.0 Å². The van der Waals surface area contributed by atoms with Crippen molar-refractivity contribution in [3.05, 3.63) is 23.8 Å². The lowest BCUT2D eigenvalue weighted by Gasteiger charge is -2.14. The Hall–Kier alpha value is -2.28. The summed E-state index contributed by atoms with van der Waals surface area (Å²) in [6.45, 7) is -0.148. The highest BCUT2D eigenvalue weighted by Crippen LogP contribution is 2.30. The van der Waals surface area contributed by atoms with Gasteiger partial charge in [0.2, 0.25) is 0 Å². The van der Waals surface area contributed by atoms with Crippen LogP contribution in [0.5, 0.6) is 11.5 Å². The van der Waals surface area contributed by atoms with Gasteiger partial charge in [-0.3, -0.25) is 4.79 Å². The normalized spacial score (nSPS) is 11.6. The number of carboxylic acid groups (broad SMARTS) is 1. The highest BCUT2D eigenvalue weighted by atomic mass is 16.5. The predicted molar refractivity (Wildman–Crippen MR) is 70.3 cm³/mol. The molecule has 0 saturated carbocycles. The molecule has 0 bridgehead atoms. The van der Waals surface area contributed by atoms with E-state index in [0.29, 0.717) is 5.75 Å². The second-order valence-electron chi connectivity index (χ2n) is 3.81. The number of benzene rings is 1. The summed E-state index contributed by atoms with van der Waals surface area (Å²) in [5.74, 6) is -0.909. The topological polar surface area (TPSA) is 94.1 Å². The third-order valence-corrected chi connectivity index (χ3v) is 2.66. The lowest BCUT2D eigenvalue weighted by atomic mass is 10.1. The van der Waals surface area contributed by atoms with Crippen molar-refractivity contribution < 1.29 is 28.9 Å². The molecule has 0 aromatic heterocycles. The van der Waals surface area contributed by atoms with Crippen LogP contribution in [0.15, 0.2) is 18.2 Å². The van der Waals surface area contributed by atoms with E-state index >= 15 is 0 Å². The largest absolute Gasteiger partial charge is 0.493 e. The van der Waals surface area contributed by atoms with Crippen LogP contribution in [0.25, 0.3) is 0 Å². The number of carbonyl (C=O) groups excluding carboxylic acids is 1. The summed E-state index contributed by atoms with van der Waals surface area (Å²) in [4.78, 5) is 22.8. The first kappa shape index (κ1) is 15.8. The van der Waals surface area contributed by atoms with Crippen LogP contribution in [0, 0.1) is 0 Å². The second-order valence-corrected chi connectivity index (χ2v) is 3.81. The van der Waals surface area contributed by atoms with E-state index in [1.54, 1.807) is 18.2 Å². The van der Waals surface area contributed by atoms with Gasteiger partial charge in [-0.1, -0.05) is 6.07 Å². The van der Waals surface area contributed by atoms with Crippen molar-refractivity contribution >= 4 is 11.9 Å². The maximum absolute atomic E-state index is 12.0. The van der Waals surface area contributed by atoms with E-state index in [-0.39, 0.29) is 17.9 Å². The van der Waals surface area contributed by atoms with Gasteiger partial charge in [-0.05, 0) is 12.1 Å². The van der Waals surface area contributed by atoms with Crippen LogP contribution >= 0.6 is 0 Å². The second kappa shape index (κ2) is 7.34. The molecule has 0 aliphatic heterocycles. The van der Waals surface area contributed by atoms with Gasteiger partial charge in [0.1, 0.15) is 0 Å². The molecule has 2 N–H and O–H groups in total. The number of ether oxygens (including phenoxy) is 3. The van der Waals surface area contributed by atoms with Gasteiger partial charge in [0.05, 0.1) is 26.3 Å². The summed E-state index contributed by atoms with van der Waals surface area (Å²) < 4.78 is 15.0. The third-order valence-electron chi connectivity index (χ3n) is 2.66. The minimum Gasteiger partial charge on any atom is -0.493 e. The Morgan fingerprint density at radius 3 is 2.45 bits per heavy atom. The number of methoxy groups -OCH3 is 3. The number of carboxylic acids is 1. The first-order chi connectivity index (χ1) is 9.54. The van der Waals surface area contributed by atoms with Crippen molar-refractivity contribution in [2.24, 2.45) is 0 Å². The van der Waals surface area contributed by atoms with Crippen molar-refractivity contribution in [2.75, 3.05) is 27.9 Å². The highest BCUT2D eigenvalue weighted by Gasteiger charge is 2.20. The van der Waals surface area contributed by atoms with Crippen molar-refractivity contribution in [2.45, 2.75) is 6.10 Å². The Morgan fingerprint density at radius 1 is 1.25 bits per heavy atom. The van der Waals surface area contributed by atoms with Crippen LogP contribution in [0.4, 0.5) is 0 Å². The standard InChI is InChI=1S/C13H17NO6/c1-18-9-6-4-5-8(11(9)20-3)12(15)14-7-10(19-2)13(16)17/h4-6,10H,7H2,1-3H3,(H,14,15)(H,16,17). The monoisotopic (exact) mass is 283 g/mol. The third kappa shape index (κ3) is 3.61. The number of para-hydroxylation sites is 1. The molecular weight excluding hydrogens is 266 g/mol. The molecule has 0 radical (unpaired) electrons. The molecule has 0 spiro atoms. The smallest absolute Gasteiger partial charge is 0.334 e. The fraction of sp³-hybridized carbons (Fsp3) is 0.385. The average Bonchev–Trinajstić information content (AvgIpc) is 2.46. The molecule has 1 atom stereocenters. The zero-order chi connectivity index (χ0) is 15.1. The SMILES string of the molecule is COc1cccc(C(=O)NCC(OC)C(=O)O)c1OC. The minimum absolute atomic E-state index is 0.148. The molecule has 1 rings (SSSR count). The van der Waals surface area contributed by atoms with E-state index in [1.165, 1.54) is 21.3 Å². The van der Waals surface area contributed by atoms with Crippen LogP contribution in [0.3, 0.4) is 0 Å². The Labute approximate surface area is 116 Å². The number of hydrogen-bond donors (Lipinski definition) is 2. The van der Waals surface area contributed by atoms with Crippen LogP contribution in [0.1, 0.15) is 10.4 Å². The number of nitrogens with one attached hydrogen (secondary N) is 1. The molecule has 0 saturated heterocycles. The fourth-order valence-corrected chi connectivity index (χ4v) is 1.62. The molecule has 1 amide bonds. The van der Waals surface area contributed by atoms with E-state index in [4.69, 9.17) is 19.3 Å². The van der Waals surface area contributed by atoms with Crippen LogP contribution in [0.2, 0.25) is 0 Å². The fourth-order valence-electron chi connectivity index (χ4n) is 1.62. The van der Waals surface area contributed by atoms with Crippen molar-refractivity contribution in [1.29, 1.82) is 0 Å². The van der Waals surface area contributed by atoms with Gasteiger partial charge in [0, 0.05) is 7.11 Å². The summed E-state index contributed by atoms with van der Waals surface area (Å²) in [6, 6.07) is 4.85. The molecule has 0 aliphatic carbocycles. The quantitative estimate of drug-likeness (QED) is 0.758. The summed E-state index contributed by atoms with van der Waals surface area (Å²) in [5, 5.41) is 11.3. The van der Waals surface area contributed by atoms with Gasteiger partial charge in [0.15, 0.2) is 17.6 Å². The number of rotatable bonds is 7. The Bertz CT molecular complexity index is 488. The van der Waals surface area contributed by atoms with Gasteiger partial charge >= 0.3 is 5.97 Å². The van der Waals surface area contributed by atoms with Crippen molar-refractivity contribution in [1.82, 2.24) is 5.32 Å². The maximum atomic E-state index is 12.0. The molecule has 0 fully saturated rings. The summed E-state index contributed by atoms with van der Waals surface area (Å²) in [5.41, 5.74) is 0.257. The lowest BCUT2D eigenvalue weighted by Crippen LogP contribution is -2.37. The van der Waals surface area contributed by atoms with Crippen molar-refractivity contribution in [3.63, 3.8) is 0 Å². The zero-order valence-corrected chi connectivity index (χ0v) is 11.5. The van der Waals surface area contributed by atoms with Gasteiger partial charge in [-0.2, -0.15) is 0 Å². The van der Waals surface area contributed by atoms with Crippen LogP contribution in [-0.2, 0) is 9.53 Å². The van der Waals surface area contributed by atoms with Gasteiger partial charge in [-0.25, -0.2) is 4.79 Å². The summed E-state index contributed by atoms with van der Waals surface area (Å²) in [7, 11) is 4.14. The molecular formula is C13H17NO6. The van der Waals surface area contributed by atoms with Gasteiger partial charge in [-0.15, -0.1) is 0 Å². The Kier molecular flexibility index (Phi) is 5.79. The van der Waals surface area contributed by atoms with E-state index in [9.17, 15) is 9.59 Å².